The van der Waals surface area contributed by atoms with E-state index in [0.29, 0.717) is 11.5 Å². The number of pyridine rings is 1. The van der Waals surface area contributed by atoms with Gasteiger partial charge in [-0.25, -0.2) is 4.98 Å². The van der Waals surface area contributed by atoms with Gasteiger partial charge >= 0.3 is 0 Å². The van der Waals surface area contributed by atoms with Gasteiger partial charge in [0.25, 0.3) is 0 Å². The summed E-state index contributed by atoms with van der Waals surface area (Å²) in [7, 11) is 0. The molecule has 0 saturated heterocycles. The van der Waals surface area contributed by atoms with Crippen LogP contribution in [-0.4, -0.2) is 15.2 Å². The molecule has 0 saturated carbocycles. The molecule has 2 aromatic heterocycles. The molecule has 1 N–H and O–H groups in total. The molecule has 2 rings (SSSR count). The average Bonchev–Trinajstić information content (AvgIpc) is 2.67. The maximum Gasteiger partial charge on any atom is 0.162 e. The van der Waals surface area contributed by atoms with Crippen molar-refractivity contribution in [1.82, 2.24) is 10.1 Å². The lowest BCUT2D eigenvalue weighted by molar-refractivity contribution is 0.229. The number of nitrogens with zero attached hydrogens (tertiary/aromatic N) is 2. The summed E-state index contributed by atoms with van der Waals surface area (Å²) in [6, 6.07) is 5.38. The predicted octanol–water partition coefficient (Wildman–Crippen LogP) is 1.99. The van der Waals surface area contributed by atoms with Gasteiger partial charge in [0, 0.05) is 17.8 Å². The second kappa shape index (κ2) is 3.89. The van der Waals surface area contributed by atoms with Crippen LogP contribution in [0.25, 0.3) is 11.3 Å². The summed E-state index contributed by atoms with van der Waals surface area (Å²) >= 11 is 3.24. The van der Waals surface area contributed by atoms with E-state index in [9.17, 15) is 0 Å². The van der Waals surface area contributed by atoms with Crippen LogP contribution in [-0.2, 0) is 6.61 Å². The second-order valence-corrected chi connectivity index (χ2v) is 3.52. The molecule has 5 heteroatoms. The van der Waals surface area contributed by atoms with Gasteiger partial charge < -0.3 is 9.63 Å². The van der Waals surface area contributed by atoms with Crippen LogP contribution in [0.4, 0.5) is 0 Å². The molecule has 0 aliphatic carbocycles. The maximum atomic E-state index is 8.79. The zero-order chi connectivity index (χ0) is 9.97. The largest absolute Gasteiger partial charge is 0.388 e. The second-order valence-electron chi connectivity index (χ2n) is 2.71. The first-order valence-electron chi connectivity index (χ1n) is 3.98. The van der Waals surface area contributed by atoms with Crippen molar-refractivity contribution in [3.8, 4) is 11.3 Å². The molecule has 0 aromatic carbocycles. The molecule has 0 spiro atoms. The minimum atomic E-state index is -0.142. The molecular weight excluding hydrogens is 248 g/mol. The zero-order valence-corrected chi connectivity index (χ0v) is 8.73. The molecule has 0 fully saturated rings. The van der Waals surface area contributed by atoms with E-state index < -0.39 is 0 Å². The van der Waals surface area contributed by atoms with Crippen molar-refractivity contribution in [1.29, 1.82) is 0 Å². The number of hydrogen-bond acceptors (Lipinski definition) is 4. The van der Waals surface area contributed by atoms with Gasteiger partial charge in [-0.2, -0.15) is 0 Å². The average molecular weight is 255 g/mol. The third-order valence-electron chi connectivity index (χ3n) is 1.74. The fraction of sp³-hybridized carbons (Fsp3) is 0.111. The minimum Gasteiger partial charge on any atom is -0.388 e. The fourth-order valence-electron chi connectivity index (χ4n) is 1.05. The lowest BCUT2D eigenvalue weighted by atomic mass is 10.2. The van der Waals surface area contributed by atoms with E-state index >= 15 is 0 Å². The Bertz CT molecular complexity index is 425. The number of rotatable bonds is 2. The quantitative estimate of drug-likeness (QED) is 0.833. The Morgan fingerprint density at radius 2 is 2.29 bits per heavy atom. The Morgan fingerprint density at radius 1 is 1.43 bits per heavy atom. The molecule has 0 aliphatic heterocycles. The molecule has 4 nitrogen and oxygen atoms in total. The molecule has 2 aromatic rings. The Morgan fingerprint density at radius 3 is 2.86 bits per heavy atom. The molecule has 0 bridgehead atoms. The maximum absolute atomic E-state index is 8.79. The molecule has 0 unspecified atom stereocenters. The molecular formula is C9H7BrN2O2. The predicted molar refractivity (Wildman–Crippen MR) is 53.4 cm³/mol. The number of aliphatic hydroxyl groups is 1. The van der Waals surface area contributed by atoms with E-state index in [1.54, 1.807) is 12.3 Å². The van der Waals surface area contributed by atoms with Crippen LogP contribution in [0.2, 0.25) is 0 Å². The topological polar surface area (TPSA) is 59.2 Å². The molecule has 0 amide bonds. The lowest BCUT2D eigenvalue weighted by Gasteiger charge is -1.93. The van der Waals surface area contributed by atoms with Crippen molar-refractivity contribution in [3.63, 3.8) is 0 Å². The third-order valence-corrected chi connectivity index (χ3v) is 2.21. The number of aromatic nitrogens is 2. The smallest absolute Gasteiger partial charge is 0.162 e. The summed E-state index contributed by atoms with van der Waals surface area (Å²) in [5, 5.41) is 12.6. The van der Waals surface area contributed by atoms with Crippen LogP contribution in [0.1, 0.15) is 5.76 Å². The van der Waals surface area contributed by atoms with E-state index in [0.717, 1.165) is 10.2 Å². The summed E-state index contributed by atoms with van der Waals surface area (Å²) in [5.74, 6) is 0.447. The van der Waals surface area contributed by atoms with Crippen LogP contribution in [0.3, 0.4) is 0 Å². The van der Waals surface area contributed by atoms with Gasteiger partial charge in [0.15, 0.2) is 5.76 Å². The Hall–Kier alpha value is -1.20. The first kappa shape index (κ1) is 9.36. The summed E-state index contributed by atoms with van der Waals surface area (Å²) in [6.45, 7) is -0.142. The normalized spacial score (nSPS) is 10.4. The molecule has 0 radical (unpaired) electrons. The molecule has 14 heavy (non-hydrogen) atoms. The number of halogens is 1. The molecule has 2 heterocycles. The molecule has 72 valence electrons. The Balaban J connectivity index is 2.34. The highest BCUT2D eigenvalue weighted by Gasteiger charge is 2.05. The summed E-state index contributed by atoms with van der Waals surface area (Å²) in [5.41, 5.74) is 1.53. The highest BCUT2D eigenvalue weighted by atomic mass is 79.9. The highest BCUT2D eigenvalue weighted by molar-refractivity contribution is 9.10. The van der Waals surface area contributed by atoms with E-state index in [4.69, 9.17) is 9.63 Å². The summed E-state index contributed by atoms with van der Waals surface area (Å²) < 4.78 is 5.63. The monoisotopic (exact) mass is 254 g/mol. The van der Waals surface area contributed by atoms with Gasteiger partial charge in [0.05, 0.1) is 0 Å². The van der Waals surface area contributed by atoms with Crippen LogP contribution in [0.5, 0.6) is 0 Å². The Labute approximate surface area is 88.7 Å². The van der Waals surface area contributed by atoms with Gasteiger partial charge in [-0.05, 0) is 28.1 Å². The van der Waals surface area contributed by atoms with Crippen molar-refractivity contribution in [3.05, 3.63) is 34.8 Å². The van der Waals surface area contributed by atoms with Gasteiger partial charge in [0.2, 0.25) is 0 Å². The van der Waals surface area contributed by atoms with Crippen LogP contribution in [0, 0.1) is 0 Å². The van der Waals surface area contributed by atoms with Crippen molar-refractivity contribution >= 4 is 15.9 Å². The van der Waals surface area contributed by atoms with Crippen LogP contribution >= 0.6 is 15.9 Å². The molecule has 0 atom stereocenters. The van der Waals surface area contributed by atoms with E-state index in [1.807, 2.05) is 12.1 Å². The third kappa shape index (κ3) is 1.83. The van der Waals surface area contributed by atoms with Crippen molar-refractivity contribution in [2.75, 3.05) is 0 Å². The van der Waals surface area contributed by atoms with E-state index in [1.165, 1.54) is 0 Å². The Kier molecular flexibility index (Phi) is 2.60. The van der Waals surface area contributed by atoms with Crippen LogP contribution < -0.4 is 0 Å². The van der Waals surface area contributed by atoms with Gasteiger partial charge in [0.1, 0.15) is 16.9 Å². The van der Waals surface area contributed by atoms with Crippen molar-refractivity contribution < 1.29 is 9.63 Å². The van der Waals surface area contributed by atoms with Crippen LogP contribution in [0.15, 0.2) is 33.5 Å². The summed E-state index contributed by atoms with van der Waals surface area (Å²) in [6.07, 6.45) is 1.68. The fourth-order valence-corrected chi connectivity index (χ4v) is 1.29. The van der Waals surface area contributed by atoms with E-state index in [-0.39, 0.29) is 6.61 Å². The number of hydrogen-bond donors (Lipinski definition) is 1. The van der Waals surface area contributed by atoms with Crippen molar-refractivity contribution in [2.45, 2.75) is 6.61 Å². The summed E-state index contributed by atoms with van der Waals surface area (Å²) in [4.78, 5) is 4.06. The minimum absolute atomic E-state index is 0.142. The SMILES string of the molecule is OCc1cc(-c2ccc(Br)nc2)no1. The first-order chi connectivity index (χ1) is 6.79. The van der Waals surface area contributed by atoms with E-state index in [2.05, 4.69) is 26.1 Å². The standard InChI is InChI=1S/C9H7BrN2O2/c10-9-2-1-6(4-11-9)8-3-7(5-13)14-12-8/h1-4,13H,5H2. The van der Waals surface area contributed by atoms with Crippen molar-refractivity contribution in [2.24, 2.45) is 0 Å². The van der Waals surface area contributed by atoms with Gasteiger partial charge in [-0.3, -0.25) is 0 Å². The molecule has 0 aliphatic rings. The first-order valence-corrected chi connectivity index (χ1v) is 4.77. The lowest BCUT2D eigenvalue weighted by Crippen LogP contribution is -1.79. The van der Waals surface area contributed by atoms with Gasteiger partial charge in [-0.1, -0.05) is 5.16 Å². The highest BCUT2D eigenvalue weighted by Crippen LogP contribution is 2.19. The zero-order valence-electron chi connectivity index (χ0n) is 7.14. The van der Waals surface area contributed by atoms with Gasteiger partial charge in [-0.15, -0.1) is 0 Å². The number of aliphatic hydroxyl groups excluding tert-OH is 1.